The summed E-state index contributed by atoms with van der Waals surface area (Å²) in [5, 5.41) is 12.6. The Bertz CT molecular complexity index is 482. The molecule has 1 unspecified atom stereocenters. The molecule has 4 nitrogen and oxygen atoms in total. The third-order valence-electron chi connectivity index (χ3n) is 4.10. The third kappa shape index (κ3) is 2.99. The summed E-state index contributed by atoms with van der Waals surface area (Å²) in [4.78, 5) is 15.1. The van der Waals surface area contributed by atoms with E-state index in [2.05, 4.69) is 10.2 Å². The number of rotatable bonds is 5. The lowest BCUT2D eigenvalue weighted by molar-refractivity contribution is 0.0702. The zero-order valence-electron chi connectivity index (χ0n) is 11.2. The van der Waals surface area contributed by atoms with Crippen molar-refractivity contribution in [2.24, 2.45) is 0 Å². The molecule has 0 amide bonds. The standard InChI is InChI=1S/C14H20N2O2S/c1-9-10(6-13(19-9)14(17)18)7-15-11-4-5-16(8-11)12-2-3-12/h6,11-12,15H,2-5,7-8H2,1H3,(H,17,18). The summed E-state index contributed by atoms with van der Waals surface area (Å²) >= 11 is 1.37. The highest BCUT2D eigenvalue weighted by Gasteiger charge is 2.34. The fraction of sp³-hybridized carbons (Fsp3) is 0.643. The lowest BCUT2D eigenvalue weighted by atomic mass is 10.2. The van der Waals surface area contributed by atoms with Crippen LogP contribution in [0.15, 0.2) is 6.07 Å². The van der Waals surface area contributed by atoms with Gasteiger partial charge in [0.1, 0.15) is 4.88 Å². The molecular weight excluding hydrogens is 260 g/mol. The zero-order chi connectivity index (χ0) is 13.4. The van der Waals surface area contributed by atoms with Crippen molar-refractivity contribution in [1.82, 2.24) is 10.2 Å². The Morgan fingerprint density at radius 3 is 2.95 bits per heavy atom. The Kier molecular flexibility index (Phi) is 3.60. The van der Waals surface area contributed by atoms with Crippen LogP contribution in [0.1, 0.15) is 39.4 Å². The van der Waals surface area contributed by atoms with Crippen LogP contribution in [0.4, 0.5) is 0 Å². The van der Waals surface area contributed by atoms with Crippen LogP contribution in [-0.4, -0.2) is 41.1 Å². The van der Waals surface area contributed by atoms with Crippen LogP contribution in [0.3, 0.4) is 0 Å². The maximum absolute atomic E-state index is 10.9. The summed E-state index contributed by atoms with van der Waals surface area (Å²) in [6, 6.07) is 3.23. The fourth-order valence-corrected chi connectivity index (χ4v) is 3.66. The molecule has 1 atom stereocenters. The van der Waals surface area contributed by atoms with E-state index >= 15 is 0 Å². The number of carbonyl (C=O) groups is 1. The van der Waals surface area contributed by atoms with Gasteiger partial charge < -0.3 is 10.4 Å². The summed E-state index contributed by atoms with van der Waals surface area (Å²) < 4.78 is 0. The van der Waals surface area contributed by atoms with E-state index in [0.29, 0.717) is 10.9 Å². The van der Waals surface area contributed by atoms with Crippen LogP contribution in [0, 0.1) is 6.92 Å². The van der Waals surface area contributed by atoms with Crippen molar-refractivity contribution < 1.29 is 9.90 Å². The van der Waals surface area contributed by atoms with Gasteiger partial charge in [-0.25, -0.2) is 4.79 Å². The van der Waals surface area contributed by atoms with E-state index < -0.39 is 5.97 Å². The second-order valence-electron chi connectivity index (χ2n) is 5.59. The molecule has 0 radical (unpaired) electrons. The highest BCUT2D eigenvalue weighted by molar-refractivity contribution is 7.14. The van der Waals surface area contributed by atoms with Gasteiger partial charge in [-0.15, -0.1) is 11.3 Å². The molecule has 2 aliphatic rings. The first-order valence-electron chi connectivity index (χ1n) is 6.93. The van der Waals surface area contributed by atoms with E-state index in [1.165, 1.54) is 37.1 Å². The van der Waals surface area contributed by atoms with Gasteiger partial charge in [0.05, 0.1) is 0 Å². The van der Waals surface area contributed by atoms with E-state index in [-0.39, 0.29) is 0 Å². The summed E-state index contributed by atoms with van der Waals surface area (Å²) in [5.74, 6) is -0.819. The number of hydrogen-bond donors (Lipinski definition) is 2. The van der Waals surface area contributed by atoms with Gasteiger partial charge in [0.2, 0.25) is 0 Å². The van der Waals surface area contributed by atoms with Gasteiger partial charge in [0.15, 0.2) is 0 Å². The molecule has 1 aliphatic carbocycles. The molecule has 2 N–H and O–H groups in total. The van der Waals surface area contributed by atoms with Crippen molar-refractivity contribution in [3.63, 3.8) is 0 Å². The van der Waals surface area contributed by atoms with Crippen molar-refractivity contribution in [2.75, 3.05) is 13.1 Å². The molecule has 0 bridgehead atoms. The Morgan fingerprint density at radius 2 is 2.32 bits per heavy atom. The Balaban J connectivity index is 1.53. The first-order valence-corrected chi connectivity index (χ1v) is 7.75. The molecule has 1 aromatic heterocycles. The van der Waals surface area contributed by atoms with Crippen LogP contribution in [0.2, 0.25) is 0 Å². The number of nitrogens with zero attached hydrogens (tertiary/aromatic N) is 1. The molecule has 104 valence electrons. The molecule has 1 aromatic rings. The minimum absolute atomic E-state index is 0.445. The number of carboxylic acid groups (broad SMARTS) is 1. The molecule has 0 spiro atoms. The van der Waals surface area contributed by atoms with E-state index in [4.69, 9.17) is 5.11 Å². The van der Waals surface area contributed by atoms with E-state index in [1.54, 1.807) is 0 Å². The molecule has 2 fully saturated rings. The molecular formula is C14H20N2O2S. The first kappa shape index (κ1) is 13.1. The van der Waals surface area contributed by atoms with Gasteiger partial charge in [-0.05, 0) is 37.8 Å². The SMILES string of the molecule is Cc1sc(C(=O)O)cc1CNC1CCN(C2CC2)C1. The summed E-state index contributed by atoms with van der Waals surface area (Å²) in [6.45, 7) is 5.16. The lowest BCUT2D eigenvalue weighted by Crippen LogP contribution is -2.32. The van der Waals surface area contributed by atoms with Gasteiger partial charge in [0, 0.05) is 36.6 Å². The van der Waals surface area contributed by atoms with Crippen LogP contribution in [-0.2, 0) is 6.54 Å². The van der Waals surface area contributed by atoms with Crippen molar-refractivity contribution in [3.8, 4) is 0 Å². The van der Waals surface area contributed by atoms with Crippen molar-refractivity contribution in [1.29, 1.82) is 0 Å². The van der Waals surface area contributed by atoms with Crippen LogP contribution in [0.5, 0.6) is 0 Å². The highest BCUT2D eigenvalue weighted by Crippen LogP contribution is 2.30. The van der Waals surface area contributed by atoms with E-state index in [0.717, 1.165) is 29.6 Å². The lowest BCUT2D eigenvalue weighted by Gasteiger charge is -2.15. The van der Waals surface area contributed by atoms with Crippen molar-refractivity contribution in [3.05, 3.63) is 21.4 Å². The predicted molar refractivity (Wildman–Crippen MR) is 75.9 cm³/mol. The van der Waals surface area contributed by atoms with Crippen LogP contribution in [0.25, 0.3) is 0 Å². The summed E-state index contributed by atoms with van der Waals surface area (Å²) in [7, 11) is 0. The summed E-state index contributed by atoms with van der Waals surface area (Å²) in [5.41, 5.74) is 1.13. The molecule has 2 heterocycles. The Hall–Kier alpha value is -0.910. The molecule has 1 saturated carbocycles. The number of hydrogen-bond acceptors (Lipinski definition) is 4. The monoisotopic (exact) mass is 280 g/mol. The average Bonchev–Trinajstić information content (AvgIpc) is 2.99. The van der Waals surface area contributed by atoms with E-state index in [9.17, 15) is 4.79 Å². The quantitative estimate of drug-likeness (QED) is 0.867. The fourth-order valence-electron chi connectivity index (χ4n) is 2.78. The topological polar surface area (TPSA) is 52.6 Å². The van der Waals surface area contributed by atoms with Crippen LogP contribution < -0.4 is 5.32 Å². The van der Waals surface area contributed by atoms with E-state index in [1.807, 2.05) is 13.0 Å². The maximum Gasteiger partial charge on any atom is 0.345 e. The molecule has 1 saturated heterocycles. The largest absolute Gasteiger partial charge is 0.477 e. The van der Waals surface area contributed by atoms with Gasteiger partial charge in [-0.3, -0.25) is 4.90 Å². The van der Waals surface area contributed by atoms with Gasteiger partial charge in [-0.2, -0.15) is 0 Å². The minimum Gasteiger partial charge on any atom is -0.477 e. The minimum atomic E-state index is -0.819. The summed E-state index contributed by atoms with van der Waals surface area (Å²) in [6.07, 6.45) is 3.96. The first-order chi connectivity index (χ1) is 9.13. The maximum atomic E-state index is 10.9. The Labute approximate surface area is 117 Å². The molecule has 0 aromatic carbocycles. The second-order valence-corrected chi connectivity index (χ2v) is 6.85. The highest BCUT2D eigenvalue weighted by atomic mass is 32.1. The predicted octanol–water partition coefficient (Wildman–Crippen LogP) is 2.08. The third-order valence-corrected chi connectivity index (χ3v) is 5.18. The smallest absolute Gasteiger partial charge is 0.345 e. The van der Waals surface area contributed by atoms with Crippen molar-refractivity contribution >= 4 is 17.3 Å². The number of nitrogens with one attached hydrogen (secondary N) is 1. The van der Waals surface area contributed by atoms with Gasteiger partial charge >= 0.3 is 5.97 Å². The number of carboxylic acids is 1. The van der Waals surface area contributed by atoms with Gasteiger partial charge in [0.25, 0.3) is 0 Å². The number of aryl methyl sites for hydroxylation is 1. The van der Waals surface area contributed by atoms with Crippen LogP contribution >= 0.6 is 11.3 Å². The Morgan fingerprint density at radius 1 is 1.53 bits per heavy atom. The second kappa shape index (κ2) is 5.23. The molecule has 5 heteroatoms. The molecule has 1 aliphatic heterocycles. The average molecular weight is 280 g/mol. The van der Waals surface area contributed by atoms with Crippen molar-refractivity contribution in [2.45, 2.75) is 44.8 Å². The number of aromatic carboxylic acids is 1. The number of thiophene rings is 1. The van der Waals surface area contributed by atoms with Gasteiger partial charge in [-0.1, -0.05) is 0 Å². The number of likely N-dealkylation sites (tertiary alicyclic amines) is 1. The normalized spacial score (nSPS) is 23.9. The molecule has 19 heavy (non-hydrogen) atoms. The zero-order valence-corrected chi connectivity index (χ0v) is 12.0. The molecule has 3 rings (SSSR count).